The molecule has 0 unspecified atom stereocenters. The SMILES string of the molecule is O=C(c1ccnnc1)N1CCc2nc(C3CC3)nn2CC1. The van der Waals surface area contributed by atoms with Crippen molar-refractivity contribution in [2.45, 2.75) is 31.7 Å². The number of fused-ring (bicyclic) bond motifs is 1. The van der Waals surface area contributed by atoms with Crippen LogP contribution in [-0.2, 0) is 13.0 Å². The van der Waals surface area contributed by atoms with Crippen LogP contribution in [0.25, 0.3) is 0 Å². The minimum atomic E-state index is -0.00179. The second-order valence-corrected chi connectivity index (χ2v) is 5.56. The molecule has 21 heavy (non-hydrogen) atoms. The van der Waals surface area contributed by atoms with Gasteiger partial charge in [-0.25, -0.2) is 9.67 Å². The number of nitrogens with zero attached hydrogens (tertiary/aromatic N) is 6. The molecular formula is C14H16N6O. The Morgan fingerprint density at radius 1 is 1.19 bits per heavy atom. The van der Waals surface area contributed by atoms with E-state index >= 15 is 0 Å². The normalized spacial score (nSPS) is 18.2. The summed E-state index contributed by atoms with van der Waals surface area (Å²) in [7, 11) is 0. The number of carbonyl (C=O) groups is 1. The van der Waals surface area contributed by atoms with E-state index in [0.29, 0.717) is 31.1 Å². The zero-order chi connectivity index (χ0) is 14.2. The Morgan fingerprint density at radius 2 is 2.10 bits per heavy atom. The second kappa shape index (κ2) is 4.91. The van der Waals surface area contributed by atoms with Crippen LogP contribution < -0.4 is 0 Å². The van der Waals surface area contributed by atoms with Crippen LogP contribution in [0.2, 0.25) is 0 Å². The van der Waals surface area contributed by atoms with Gasteiger partial charge in [-0.1, -0.05) is 0 Å². The first kappa shape index (κ1) is 12.4. The number of rotatable bonds is 2. The smallest absolute Gasteiger partial charge is 0.255 e. The topological polar surface area (TPSA) is 76.8 Å². The third-order valence-corrected chi connectivity index (χ3v) is 4.01. The fourth-order valence-corrected chi connectivity index (χ4v) is 2.64. The van der Waals surface area contributed by atoms with Crippen LogP contribution in [0.3, 0.4) is 0 Å². The Hall–Kier alpha value is -2.31. The Morgan fingerprint density at radius 3 is 2.86 bits per heavy atom. The van der Waals surface area contributed by atoms with Gasteiger partial charge in [0.2, 0.25) is 0 Å². The standard InChI is InChI=1S/C14H16N6O/c21-14(11-3-5-15-16-9-11)19-6-4-12-17-13(10-1-2-10)18-20(12)8-7-19/h3,5,9-10H,1-2,4,6-8H2. The zero-order valence-corrected chi connectivity index (χ0v) is 11.6. The van der Waals surface area contributed by atoms with Gasteiger partial charge in [-0.3, -0.25) is 4.79 Å². The van der Waals surface area contributed by atoms with Crippen molar-refractivity contribution in [1.82, 2.24) is 29.9 Å². The van der Waals surface area contributed by atoms with Crippen molar-refractivity contribution in [2.75, 3.05) is 13.1 Å². The van der Waals surface area contributed by atoms with Crippen molar-refractivity contribution in [3.05, 3.63) is 35.7 Å². The van der Waals surface area contributed by atoms with Crippen LogP contribution in [0.4, 0.5) is 0 Å². The van der Waals surface area contributed by atoms with Gasteiger partial charge < -0.3 is 4.90 Å². The molecule has 0 aromatic carbocycles. The van der Waals surface area contributed by atoms with Gasteiger partial charge in [-0.15, -0.1) is 0 Å². The van der Waals surface area contributed by atoms with Gasteiger partial charge >= 0.3 is 0 Å². The first-order chi connectivity index (χ1) is 10.3. The molecule has 1 aliphatic carbocycles. The first-order valence-electron chi connectivity index (χ1n) is 7.31. The minimum Gasteiger partial charge on any atom is -0.336 e. The zero-order valence-electron chi connectivity index (χ0n) is 11.6. The molecule has 4 rings (SSSR count). The highest BCUT2D eigenvalue weighted by atomic mass is 16.2. The van der Waals surface area contributed by atoms with Gasteiger partial charge in [0, 0.05) is 25.4 Å². The van der Waals surface area contributed by atoms with Crippen molar-refractivity contribution in [2.24, 2.45) is 0 Å². The van der Waals surface area contributed by atoms with E-state index < -0.39 is 0 Å². The molecule has 108 valence electrons. The highest BCUT2D eigenvalue weighted by Crippen LogP contribution is 2.38. The first-order valence-corrected chi connectivity index (χ1v) is 7.31. The maximum Gasteiger partial charge on any atom is 0.255 e. The van der Waals surface area contributed by atoms with E-state index in [1.807, 2.05) is 9.58 Å². The lowest BCUT2D eigenvalue weighted by Crippen LogP contribution is -2.33. The summed E-state index contributed by atoms with van der Waals surface area (Å²) in [4.78, 5) is 18.9. The summed E-state index contributed by atoms with van der Waals surface area (Å²) in [5.74, 6) is 2.56. The Labute approximate surface area is 122 Å². The molecule has 7 heteroatoms. The van der Waals surface area contributed by atoms with Crippen LogP contribution in [0.5, 0.6) is 0 Å². The lowest BCUT2D eigenvalue weighted by molar-refractivity contribution is 0.0757. The minimum absolute atomic E-state index is 0.00179. The van der Waals surface area contributed by atoms with E-state index in [2.05, 4.69) is 20.3 Å². The molecule has 0 N–H and O–H groups in total. The fraction of sp³-hybridized carbons (Fsp3) is 0.500. The van der Waals surface area contributed by atoms with Crippen molar-refractivity contribution >= 4 is 5.91 Å². The van der Waals surface area contributed by atoms with Gasteiger partial charge in [-0.2, -0.15) is 15.3 Å². The van der Waals surface area contributed by atoms with Gasteiger partial charge in [-0.05, 0) is 18.9 Å². The van der Waals surface area contributed by atoms with Gasteiger partial charge in [0.05, 0.1) is 24.5 Å². The van der Waals surface area contributed by atoms with E-state index in [0.717, 1.165) is 18.1 Å². The molecule has 1 fully saturated rings. The predicted molar refractivity (Wildman–Crippen MR) is 73.6 cm³/mol. The monoisotopic (exact) mass is 284 g/mol. The maximum absolute atomic E-state index is 12.4. The number of aromatic nitrogens is 5. The van der Waals surface area contributed by atoms with Crippen LogP contribution >= 0.6 is 0 Å². The number of hydrogen-bond donors (Lipinski definition) is 0. The Balaban J connectivity index is 1.49. The predicted octanol–water partition coefficient (Wildman–Crippen LogP) is 0.644. The van der Waals surface area contributed by atoms with Crippen molar-refractivity contribution in [3.8, 4) is 0 Å². The highest BCUT2D eigenvalue weighted by molar-refractivity contribution is 5.93. The Bertz CT molecular complexity index is 638. The molecule has 0 spiro atoms. The molecule has 0 radical (unpaired) electrons. The third kappa shape index (κ3) is 2.39. The van der Waals surface area contributed by atoms with Crippen LogP contribution in [-0.4, -0.2) is 48.9 Å². The van der Waals surface area contributed by atoms with E-state index in [4.69, 9.17) is 0 Å². The van der Waals surface area contributed by atoms with Crippen LogP contribution in [0.1, 0.15) is 40.8 Å². The molecule has 1 aliphatic heterocycles. The largest absolute Gasteiger partial charge is 0.336 e. The number of amides is 1. The lowest BCUT2D eigenvalue weighted by Gasteiger charge is -2.19. The summed E-state index contributed by atoms with van der Waals surface area (Å²) >= 11 is 0. The third-order valence-electron chi connectivity index (χ3n) is 4.01. The molecule has 2 aromatic heterocycles. The molecule has 3 heterocycles. The fourth-order valence-electron chi connectivity index (χ4n) is 2.64. The van der Waals surface area contributed by atoms with Crippen molar-refractivity contribution in [1.29, 1.82) is 0 Å². The van der Waals surface area contributed by atoms with Gasteiger partial charge in [0.15, 0.2) is 5.82 Å². The summed E-state index contributed by atoms with van der Waals surface area (Å²) in [6.07, 6.45) is 6.23. The summed E-state index contributed by atoms with van der Waals surface area (Å²) in [6.45, 7) is 2.03. The highest BCUT2D eigenvalue weighted by Gasteiger charge is 2.30. The molecule has 1 amide bonds. The summed E-state index contributed by atoms with van der Waals surface area (Å²) in [5.41, 5.74) is 0.580. The van der Waals surface area contributed by atoms with E-state index in [9.17, 15) is 4.79 Å². The van der Waals surface area contributed by atoms with Gasteiger partial charge in [0.1, 0.15) is 5.82 Å². The number of hydrogen-bond acceptors (Lipinski definition) is 5. The molecule has 2 aromatic rings. The van der Waals surface area contributed by atoms with Crippen molar-refractivity contribution < 1.29 is 4.79 Å². The quantitative estimate of drug-likeness (QED) is 0.809. The summed E-state index contributed by atoms with van der Waals surface area (Å²) in [5, 5.41) is 12.1. The molecule has 7 nitrogen and oxygen atoms in total. The molecule has 0 bridgehead atoms. The summed E-state index contributed by atoms with van der Waals surface area (Å²) in [6, 6.07) is 1.70. The van der Waals surface area contributed by atoms with E-state index in [1.165, 1.54) is 19.0 Å². The molecule has 2 aliphatic rings. The molecule has 0 atom stereocenters. The Kier molecular flexibility index (Phi) is 2.90. The number of carbonyl (C=O) groups excluding carboxylic acids is 1. The second-order valence-electron chi connectivity index (χ2n) is 5.56. The van der Waals surface area contributed by atoms with Crippen LogP contribution in [0.15, 0.2) is 18.5 Å². The van der Waals surface area contributed by atoms with Gasteiger partial charge in [0.25, 0.3) is 5.91 Å². The van der Waals surface area contributed by atoms with E-state index in [1.54, 1.807) is 12.3 Å². The van der Waals surface area contributed by atoms with Crippen LogP contribution in [0, 0.1) is 0 Å². The average Bonchev–Trinajstić information content (AvgIpc) is 3.32. The van der Waals surface area contributed by atoms with E-state index in [-0.39, 0.29) is 5.91 Å². The average molecular weight is 284 g/mol. The molecule has 0 saturated heterocycles. The van der Waals surface area contributed by atoms with Crippen molar-refractivity contribution in [3.63, 3.8) is 0 Å². The molecule has 1 saturated carbocycles. The maximum atomic E-state index is 12.4. The lowest BCUT2D eigenvalue weighted by atomic mass is 10.2. The summed E-state index contributed by atoms with van der Waals surface area (Å²) < 4.78 is 1.96. The molecular weight excluding hydrogens is 268 g/mol.